The largest absolute Gasteiger partial charge is 0.452 e. The standard InChI is InChI=1S/C26H23NO4/c1-18-15-16-19-9-5-8-14-23(19)27(18)24(28)17-31-26(30)22-13-7-6-12-21(22)25(29)20-10-3-2-4-11-20/h2-14,18H,15-17H2,1H3. The summed E-state index contributed by atoms with van der Waals surface area (Å²) in [5.41, 5.74) is 2.86. The van der Waals surface area contributed by atoms with Gasteiger partial charge in [0.25, 0.3) is 5.91 Å². The molecule has 1 heterocycles. The number of para-hydroxylation sites is 1. The van der Waals surface area contributed by atoms with Crippen LogP contribution >= 0.6 is 0 Å². The first-order chi connectivity index (χ1) is 15.1. The molecule has 156 valence electrons. The number of hydrogen-bond donors (Lipinski definition) is 0. The van der Waals surface area contributed by atoms with Gasteiger partial charge in [0, 0.05) is 22.9 Å². The van der Waals surface area contributed by atoms with Crippen LogP contribution in [0.3, 0.4) is 0 Å². The van der Waals surface area contributed by atoms with E-state index in [0.717, 1.165) is 24.1 Å². The Morgan fingerprint density at radius 1 is 0.871 bits per heavy atom. The molecule has 0 spiro atoms. The molecular formula is C26H23NO4. The molecule has 1 aliphatic heterocycles. The zero-order valence-electron chi connectivity index (χ0n) is 17.3. The highest BCUT2D eigenvalue weighted by molar-refractivity contribution is 6.14. The van der Waals surface area contributed by atoms with Crippen molar-refractivity contribution in [1.82, 2.24) is 0 Å². The third-order valence-corrected chi connectivity index (χ3v) is 5.55. The Balaban J connectivity index is 1.50. The number of carbonyl (C=O) groups excluding carboxylic acids is 3. The number of esters is 1. The van der Waals surface area contributed by atoms with E-state index in [1.54, 1.807) is 53.4 Å². The first kappa shape index (κ1) is 20.5. The van der Waals surface area contributed by atoms with E-state index >= 15 is 0 Å². The van der Waals surface area contributed by atoms with E-state index in [9.17, 15) is 14.4 Å². The summed E-state index contributed by atoms with van der Waals surface area (Å²) in [6, 6.07) is 23.1. The van der Waals surface area contributed by atoms with Gasteiger partial charge in [-0.25, -0.2) is 4.79 Å². The lowest BCUT2D eigenvalue weighted by Crippen LogP contribution is -2.44. The number of aryl methyl sites for hydroxylation is 1. The SMILES string of the molecule is CC1CCc2ccccc2N1C(=O)COC(=O)c1ccccc1C(=O)c1ccccc1. The van der Waals surface area contributed by atoms with Crippen LogP contribution in [0.25, 0.3) is 0 Å². The van der Waals surface area contributed by atoms with Crippen molar-refractivity contribution < 1.29 is 19.1 Å². The van der Waals surface area contributed by atoms with Gasteiger partial charge >= 0.3 is 5.97 Å². The first-order valence-corrected chi connectivity index (χ1v) is 10.3. The Labute approximate surface area is 181 Å². The number of rotatable bonds is 5. The van der Waals surface area contributed by atoms with Crippen LogP contribution in [-0.4, -0.2) is 30.3 Å². The molecule has 0 fully saturated rings. The Hall–Kier alpha value is -3.73. The third-order valence-electron chi connectivity index (χ3n) is 5.55. The number of amides is 1. The molecule has 0 aliphatic carbocycles. The summed E-state index contributed by atoms with van der Waals surface area (Å²) in [7, 11) is 0. The Morgan fingerprint density at radius 3 is 2.29 bits per heavy atom. The highest BCUT2D eigenvalue weighted by atomic mass is 16.5. The maximum absolute atomic E-state index is 12.9. The van der Waals surface area contributed by atoms with Gasteiger partial charge in [0.2, 0.25) is 0 Å². The molecule has 1 amide bonds. The van der Waals surface area contributed by atoms with Crippen molar-refractivity contribution in [2.24, 2.45) is 0 Å². The van der Waals surface area contributed by atoms with Crippen molar-refractivity contribution in [1.29, 1.82) is 0 Å². The molecule has 1 atom stereocenters. The number of nitrogens with zero attached hydrogens (tertiary/aromatic N) is 1. The maximum Gasteiger partial charge on any atom is 0.339 e. The molecule has 0 saturated heterocycles. The van der Waals surface area contributed by atoms with Crippen LogP contribution < -0.4 is 4.90 Å². The molecule has 1 unspecified atom stereocenters. The van der Waals surface area contributed by atoms with Crippen LogP contribution in [0.1, 0.15) is 45.2 Å². The quantitative estimate of drug-likeness (QED) is 0.458. The van der Waals surface area contributed by atoms with Gasteiger partial charge in [-0.2, -0.15) is 0 Å². The molecule has 0 bridgehead atoms. The molecule has 0 N–H and O–H groups in total. The van der Waals surface area contributed by atoms with Crippen molar-refractivity contribution in [3.05, 3.63) is 101 Å². The van der Waals surface area contributed by atoms with E-state index in [4.69, 9.17) is 4.74 Å². The molecule has 5 nitrogen and oxygen atoms in total. The summed E-state index contributed by atoms with van der Waals surface area (Å²) in [6.07, 6.45) is 1.76. The van der Waals surface area contributed by atoms with E-state index in [0.29, 0.717) is 5.56 Å². The van der Waals surface area contributed by atoms with Crippen LogP contribution in [0.15, 0.2) is 78.9 Å². The normalized spacial score (nSPS) is 15.1. The van der Waals surface area contributed by atoms with Crippen molar-refractivity contribution in [2.45, 2.75) is 25.8 Å². The molecule has 1 aliphatic rings. The number of anilines is 1. The van der Waals surface area contributed by atoms with E-state index in [2.05, 4.69) is 0 Å². The average Bonchev–Trinajstić information content (AvgIpc) is 2.82. The highest BCUT2D eigenvalue weighted by Crippen LogP contribution is 2.30. The predicted molar refractivity (Wildman–Crippen MR) is 118 cm³/mol. The summed E-state index contributed by atoms with van der Waals surface area (Å²) in [4.78, 5) is 40.3. The lowest BCUT2D eigenvalue weighted by molar-refractivity contribution is -0.122. The van der Waals surface area contributed by atoms with E-state index in [1.165, 1.54) is 0 Å². The van der Waals surface area contributed by atoms with Gasteiger partial charge in [-0.1, -0.05) is 66.7 Å². The predicted octanol–water partition coefficient (Wildman–Crippen LogP) is 4.44. The second-order valence-electron chi connectivity index (χ2n) is 7.60. The van der Waals surface area contributed by atoms with Crippen LogP contribution in [-0.2, 0) is 16.0 Å². The Kier molecular flexibility index (Phi) is 5.94. The second kappa shape index (κ2) is 8.96. The van der Waals surface area contributed by atoms with Gasteiger partial charge in [0.1, 0.15) is 0 Å². The van der Waals surface area contributed by atoms with Gasteiger partial charge in [-0.3, -0.25) is 9.59 Å². The van der Waals surface area contributed by atoms with Crippen LogP contribution in [0, 0.1) is 0 Å². The molecule has 0 aromatic heterocycles. The van der Waals surface area contributed by atoms with Gasteiger partial charge in [0.05, 0.1) is 5.56 Å². The van der Waals surface area contributed by atoms with Crippen molar-refractivity contribution in [3.63, 3.8) is 0 Å². The van der Waals surface area contributed by atoms with Crippen molar-refractivity contribution >= 4 is 23.3 Å². The number of hydrogen-bond acceptors (Lipinski definition) is 4. The zero-order valence-corrected chi connectivity index (χ0v) is 17.3. The minimum absolute atomic E-state index is 0.0213. The van der Waals surface area contributed by atoms with Crippen molar-refractivity contribution in [3.8, 4) is 0 Å². The average molecular weight is 413 g/mol. The van der Waals surface area contributed by atoms with Gasteiger partial charge in [-0.15, -0.1) is 0 Å². The number of fused-ring (bicyclic) bond motifs is 1. The fraction of sp³-hybridized carbons (Fsp3) is 0.192. The van der Waals surface area contributed by atoms with Crippen LogP contribution in [0.2, 0.25) is 0 Å². The van der Waals surface area contributed by atoms with Crippen LogP contribution in [0.4, 0.5) is 5.69 Å². The lowest BCUT2D eigenvalue weighted by Gasteiger charge is -2.35. The van der Waals surface area contributed by atoms with E-state index < -0.39 is 5.97 Å². The second-order valence-corrected chi connectivity index (χ2v) is 7.60. The fourth-order valence-electron chi connectivity index (χ4n) is 3.95. The Morgan fingerprint density at radius 2 is 1.52 bits per heavy atom. The van der Waals surface area contributed by atoms with E-state index in [1.807, 2.05) is 37.3 Å². The van der Waals surface area contributed by atoms with Gasteiger partial charge in [-0.05, 0) is 37.5 Å². The lowest BCUT2D eigenvalue weighted by atomic mass is 9.96. The molecule has 31 heavy (non-hydrogen) atoms. The van der Waals surface area contributed by atoms with E-state index in [-0.39, 0.29) is 35.5 Å². The molecule has 4 rings (SSSR count). The summed E-state index contributed by atoms with van der Waals surface area (Å²) < 4.78 is 5.35. The molecule has 3 aromatic rings. The Bertz CT molecular complexity index is 1120. The number of ether oxygens (including phenoxy) is 1. The number of carbonyl (C=O) groups is 3. The molecule has 0 radical (unpaired) electrons. The molecule has 3 aromatic carbocycles. The highest BCUT2D eigenvalue weighted by Gasteiger charge is 2.29. The zero-order chi connectivity index (χ0) is 21.8. The maximum atomic E-state index is 12.9. The summed E-state index contributed by atoms with van der Waals surface area (Å²) >= 11 is 0. The molecular weight excluding hydrogens is 390 g/mol. The first-order valence-electron chi connectivity index (χ1n) is 10.3. The fourth-order valence-corrected chi connectivity index (χ4v) is 3.95. The monoisotopic (exact) mass is 413 g/mol. The topological polar surface area (TPSA) is 63.7 Å². The minimum atomic E-state index is -0.689. The molecule has 0 saturated carbocycles. The van der Waals surface area contributed by atoms with Gasteiger partial charge in [0.15, 0.2) is 12.4 Å². The van der Waals surface area contributed by atoms with Gasteiger partial charge < -0.3 is 9.64 Å². The van der Waals surface area contributed by atoms with Crippen molar-refractivity contribution in [2.75, 3.05) is 11.5 Å². The summed E-state index contributed by atoms with van der Waals surface area (Å²) in [6.45, 7) is 1.61. The summed E-state index contributed by atoms with van der Waals surface area (Å²) in [5.74, 6) is -1.23. The number of benzene rings is 3. The molecule has 5 heteroatoms. The smallest absolute Gasteiger partial charge is 0.339 e. The van der Waals surface area contributed by atoms with Crippen LogP contribution in [0.5, 0.6) is 0 Å². The number of ketones is 1. The minimum Gasteiger partial charge on any atom is -0.452 e. The summed E-state index contributed by atoms with van der Waals surface area (Å²) in [5, 5.41) is 0. The third kappa shape index (κ3) is 4.26.